The van der Waals surface area contributed by atoms with Crippen LogP contribution in [-0.2, 0) is 15.4 Å². The third-order valence-electron chi connectivity index (χ3n) is 4.16. The van der Waals surface area contributed by atoms with E-state index in [1.807, 2.05) is 12.1 Å². The second-order valence-electron chi connectivity index (χ2n) is 5.76. The van der Waals surface area contributed by atoms with Gasteiger partial charge in [0.15, 0.2) is 0 Å². The smallest absolute Gasteiger partial charge is 0.207 e. The number of halogens is 1. The Balaban J connectivity index is 2.11. The van der Waals surface area contributed by atoms with Crippen LogP contribution < -0.4 is 0 Å². The van der Waals surface area contributed by atoms with Gasteiger partial charge in [0, 0.05) is 18.4 Å². The summed E-state index contributed by atoms with van der Waals surface area (Å²) >= 11 is 3.37. The van der Waals surface area contributed by atoms with Gasteiger partial charge < -0.3 is 0 Å². The van der Waals surface area contributed by atoms with Crippen molar-refractivity contribution in [2.24, 2.45) is 11.8 Å². The van der Waals surface area contributed by atoms with Gasteiger partial charge in [0.05, 0.1) is 4.90 Å². The zero-order chi connectivity index (χ0) is 14.8. The molecule has 0 bridgehead atoms. The summed E-state index contributed by atoms with van der Waals surface area (Å²) in [6, 6.07) is 7.14. The van der Waals surface area contributed by atoms with Crippen LogP contribution in [0.25, 0.3) is 0 Å². The fraction of sp³-hybridized carbons (Fsp3) is 0.600. The number of benzene rings is 1. The van der Waals surface area contributed by atoms with Gasteiger partial charge in [0.1, 0.15) is 0 Å². The molecule has 0 atom stereocenters. The van der Waals surface area contributed by atoms with Crippen molar-refractivity contribution in [3.63, 3.8) is 0 Å². The topological polar surface area (TPSA) is 37.4 Å². The number of sulfonamides is 1. The standard InChI is InChI=1S/C15H22BrNO2S/c1-12(2)14-7-9-17(10-8-14)20(18,19)15-5-3-13(11-16)4-6-15/h3-6,12,14H,7-11H2,1-2H3. The Morgan fingerprint density at radius 1 is 1.20 bits per heavy atom. The first-order chi connectivity index (χ1) is 9.45. The molecule has 0 spiro atoms. The van der Waals surface area contributed by atoms with Gasteiger partial charge in [0.2, 0.25) is 10.0 Å². The van der Waals surface area contributed by atoms with Gasteiger partial charge >= 0.3 is 0 Å². The maximum Gasteiger partial charge on any atom is 0.243 e. The maximum absolute atomic E-state index is 12.6. The van der Waals surface area contributed by atoms with E-state index >= 15 is 0 Å². The molecule has 1 aliphatic heterocycles. The van der Waals surface area contributed by atoms with Crippen molar-refractivity contribution in [3.8, 4) is 0 Å². The van der Waals surface area contributed by atoms with Crippen LogP contribution in [0.2, 0.25) is 0 Å². The molecule has 0 radical (unpaired) electrons. The summed E-state index contributed by atoms with van der Waals surface area (Å²) in [5.74, 6) is 1.29. The fourth-order valence-corrected chi connectivity index (χ4v) is 4.53. The normalized spacial score (nSPS) is 18.6. The van der Waals surface area contributed by atoms with Crippen LogP contribution in [0.1, 0.15) is 32.3 Å². The summed E-state index contributed by atoms with van der Waals surface area (Å²) in [7, 11) is -3.32. The first kappa shape index (κ1) is 16.0. The highest BCUT2D eigenvalue weighted by Gasteiger charge is 2.30. The molecular formula is C15H22BrNO2S. The Morgan fingerprint density at radius 2 is 1.75 bits per heavy atom. The van der Waals surface area contributed by atoms with E-state index in [1.54, 1.807) is 16.4 Å². The highest BCUT2D eigenvalue weighted by molar-refractivity contribution is 9.08. The van der Waals surface area contributed by atoms with Crippen LogP contribution in [0.5, 0.6) is 0 Å². The first-order valence-electron chi connectivity index (χ1n) is 7.10. The average Bonchev–Trinajstić information content (AvgIpc) is 2.47. The summed E-state index contributed by atoms with van der Waals surface area (Å²) in [5.41, 5.74) is 1.09. The lowest BCUT2D eigenvalue weighted by molar-refractivity contribution is 0.226. The van der Waals surface area contributed by atoms with Crippen LogP contribution in [-0.4, -0.2) is 25.8 Å². The Morgan fingerprint density at radius 3 is 2.20 bits per heavy atom. The van der Waals surface area contributed by atoms with Crippen LogP contribution in [0.4, 0.5) is 0 Å². The van der Waals surface area contributed by atoms with E-state index in [4.69, 9.17) is 0 Å². The summed E-state index contributed by atoms with van der Waals surface area (Å²) in [4.78, 5) is 0.408. The molecule has 3 nitrogen and oxygen atoms in total. The molecule has 1 heterocycles. The average molecular weight is 360 g/mol. The van der Waals surface area contributed by atoms with Gasteiger partial charge in [-0.25, -0.2) is 8.42 Å². The van der Waals surface area contributed by atoms with Gasteiger partial charge in [-0.1, -0.05) is 41.9 Å². The van der Waals surface area contributed by atoms with Crippen molar-refractivity contribution in [1.82, 2.24) is 4.31 Å². The summed E-state index contributed by atoms with van der Waals surface area (Å²) < 4.78 is 26.8. The largest absolute Gasteiger partial charge is 0.243 e. The van der Waals surface area contributed by atoms with Crippen molar-refractivity contribution in [2.75, 3.05) is 13.1 Å². The molecular weight excluding hydrogens is 338 g/mol. The number of piperidine rings is 1. The summed E-state index contributed by atoms with van der Waals surface area (Å²) in [6.45, 7) is 5.72. The van der Waals surface area contributed by atoms with Crippen LogP contribution in [0, 0.1) is 11.8 Å². The van der Waals surface area contributed by atoms with Gasteiger partial charge in [-0.2, -0.15) is 4.31 Å². The van der Waals surface area contributed by atoms with E-state index in [2.05, 4.69) is 29.8 Å². The van der Waals surface area contributed by atoms with Crippen LogP contribution in [0.3, 0.4) is 0 Å². The Labute approximate surface area is 130 Å². The SMILES string of the molecule is CC(C)C1CCN(S(=O)(=O)c2ccc(CBr)cc2)CC1. The second-order valence-corrected chi connectivity index (χ2v) is 8.26. The lowest BCUT2D eigenvalue weighted by Crippen LogP contribution is -2.39. The third kappa shape index (κ3) is 3.43. The minimum atomic E-state index is -3.32. The molecule has 5 heteroatoms. The Bertz CT molecular complexity index is 531. The summed E-state index contributed by atoms with van der Waals surface area (Å²) in [5, 5.41) is 0.743. The minimum absolute atomic E-state index is 0.408. The monoisotopic (exact) mass is 359 g/mol. The lowest BCUT2D eigenvalue weighted by atomic mass is 9.87. The maximum atomic E-state index is 12.6. The fourth-order valence-electron chi connectivity index (χ4n) is 2.68. The molecule has 0 N–H and O–H groups in total. The Hall–Kier alpha value is -0.390. The van der Waals surface area contributed by atoms with Gasteiger partial charge in [-0.3, -0.25) is 0 Å². The van der Waals surface area contributed by atoms with Gasteiger partial charge in [-0.05, 0) is 42.4 Å². The molecule has 0 aliphatic carbocycles. The molecule has 2 rings (SSSR count). The number of hydrogen-bond acceptors (Lipinski definition) is 2. The Kier molecular flexibility index (Phi) is 5.26. The van der Waals surface area contributed by atoms with E-state index in [0.29, 0.717) is 29.8 Å². The highest BCUT2D eigenvalue weighted by Crippen LogP contribution is 2.28. The molecule has 0 aromatic heterocycles. The van der Waals surface area contributed by atoms with Crippen molar-refractivity contribution < 1.29 is 8.42 Å². The van der Waals surface area contributed by atoms with Crippen LogP contribution >= 0.6 is 15.9 Å². The van der Waals surface area contributed by atoms with Crippen molar-refractivity contribution >= 4 is 26.0 Å². The second kappa shape index (κ2) is 6.58. The lowest BCUT2D eigenvalue weighted by Gasteiger charge is -2.33. The van der Waals surface area contributed by atoms with E-state index in [0.717, 1.165) is 23.7 Å². The van der Waals surface area contributed by atoms with E-state index in [-0.39, 0.29) is 0 Å². The predicted molar refractivity (Wildman–Crippen MR) is 85.4 cm³/mol. The molecule has 1 aliphatic rings. The van der Waals surface area contributed by atoms with E-state index in [9.17, 15) is 8.42 Å². The number of alkyl halides is 1. The predicted octanol–water partition coefficient (Wildman–Crippen LogP) is 3.64. The van der Waals surface area contributed by atoms with Crippen molar-refractivity contribution in [2.45, 2.75) is 36.9 Å². The summed E-state index contributed by atoms with van der Waals surface area (Å²) in [6.07, 6.45) is 1.94. The molecule has 1 aromatic rings. The van der Waals surface area contributed by atoms with Crippen molar-refractivity contribution in [1.29, 1.82) is 0 Å². The number of hydrogen-bond donors (Lipinski definition) is 0. The van der Waals surface area contributed by atoms with Crippen LogP contribution in [0.15, 0.2) is 29.2 Å². The molecule has 1 aromatic carbocycles. The highest BCUT2D eigenvalue weighted by atomic mass is 79.9. The minimum Gasteiger partial charge on any atom is -0.207 e. The molecule has 20 heavy (non-hydrogen) atoms. The molecule has 0 amide bonds. The molecule has 1 fully saturated rings. The quantitative estimate of drug-likeness (QED) is 0.769. The molecule has 0 unspecified atom stereocenters. The number of rotatable bonds is 4. The van der Waals surface area contributed by atoms with E-state index in [1.165, 1.54) is 0 Å². The molecule has 0 saturated carbocycles. The number of nitrogens with zero attached hydrogens (tertiary/aromatic N) is 1. The molecule has 1 saturated heterocycles. The molecule has 112 valence electrons. The van der Waals surface area contributed by atoms with Gasteiger partial charge in [0.25, 0.3) is 0 Å². The zero-order valence-corrected chi connectivity index (χ0v) is 14.5. The zero-order valence-electron chi connectivity index (χ0n) is 12.0. The van der Waals surface area contributed by atoms with Crippen molar-refractivity contribution in [3.05, 3.63) is 29.8 Å². The third-order valence-corrected chi connectivity index (χ3v) is 6.72. The van der Waals surface area contributed by atoms with E-state index < -0.39 is 10.0 Å². The van der Waals surface area contributed by atoms with Gasteiger partial charge in [-0.15, -0.1) is 0 Å². The first-order valence-corrected chi connectivity index (χ1v) is 9.66.